The molecule has 0 aromatic carbocycles. The summed E-state index contributed by atoms with van der Waals surface area (Å²) in [6, 6.07) is 0. The first-order valence-electron chi connectivity index (χ1n) is 2.30. The summed E-state index contributed by atoms with van der Waals surface area (Å²) in [5.74, 6) is -1.25. The average Bonchev–Trinajstić information content (AvgIpc) is 1.80. The van der Waals surface area contributed by atoms with Crippen LogP contribution in [0.4, 0.5) is 0 Å². The summed E-state index contributed by atoms with van der Waals surface area (Å²) in [5.41, 5.74) is 11.6. The molecule has 1 amide bonds. The van der Waals surface area contributed by atoms with Gasteiger partial charge in [-0.25, -0.2) is 5.43 Å². The molecule has 0 rings (SSSR count). The highest BCUT2D eigenvalue weighted by Gasteiger charge is 2.30. The Hall–Kier alpha value is -0.390. The van der Waals surface area contributed by atoms with Crippen LogP contribution in [-0.4, -0.2) is 15.7 Å². The van der Waals surface area contributed by atoms with E-state index in [0.717, 1.165) is 0 Å². The number of guanidine groups is 1. The van der Waals surface area contributed by atoms with Crippen molar-refractivity contribution in [2.24, 2.45) is 16.6 Å². The molecule has 0 saturated carbocycles. The predicted octanol–water partition coefficient (Wildman–Crippen LogP) is -0.339. The topological polar surface area (TPSA) is 93.5 Å². The van der Waals surface area contributed by atoms with E-state index in [4.69, 9.17) is 46.3 Å². The van der Waals surface area contributed by atoms with Crippen molar-refractivity contribution in [3.8, 4) is 0 Å². The maximum absolute atomic E-state index is 10.6. The summed E-state index contributed by atoms with van der Waals surface area (Å²) in [6.45, 7) is 0. The van der Waals surface area contributed by atoms with E-state index in [1.54, 1.807) is 0 Å². The minimum atomic E-state index is -2.06. The molecule has 0 atom stereocenters. The Morgan fingerprint density at radius 3 is 2.09 bits per heavy atom. The number of alkyl halides is 3. The van der Waals surface area contributed by atoms with E-state index in [2.05, 4.69) is 5.10 Å². The van der Waals surface area contributed by atoms with Gasteiger partial charge in [0.2, 0.25) is 5.96 Å². The lowest BCUT2D eigenvalue weighted by atomic mass is 10.7. The minimum absolute atomic E-state index is 0.326. The van der Waals surface area contributed by atoms with Crippen molar-refractivity contribution >= 4 is 46.7 Å². The van der Waals surface area contributed by atoms with E-state index in [1.165, 1.54) is 0 Å². The molecule has 11 heavy (non-hydrogen) atoms. The van der Waals surface area contributed by atoms with Crippen molar-refractivity contribution < 1.29 is 4.79 Å². The van der Waals surface area contributed by atoms with Crippen LogP contribution >= 0.6 is 34.8 Å². The summed E-state index contributed by atoms with van der Waals surface area (Å²) in [5, 5.41) is 3.11. The second-order valence-corrected chi connectivity index (χ2v) is 3.76. The number of hydrogen-bond donors (Lipinski definition) is 3. The van der Waals surface area contributed by atoms with Crippen molar-refractivity contribution in [3.05, 3.63) is 0 Å². The number of hydrogen-bond acceptors (Lipinski definition) is 2. The van der Waals surface area contributed by atoms with Gasteiger partial charge in [0.25, 0.3) is 9.70 Å². The molecule has 0 aromatic heterocycles. The largest absolute Gasteiger partial charge is 0.369 e. The van der Waals surface area contributed by atoms with E-state index in [9.17, 15) is 4.79 Å². The van der Waals surface area contributed by atoms with Crippen molar-refractivity contribution in [1.29, 1.82) is 0 Å². The quantitative estimate of drug-likeness (QED) is 0.244. The molecule has 0 fully saturated rings. The van der Waals surface area contributed by atoms with Crippen LogP contribution in [0.3, 0.4) is 0 Å². The zero-order valence-electron chi connectivity index (χ0n) is 5.14. The van der Waals surface area contributed by atoms with Crippen LogP contribution in [-0.2, 0) is 4.79 Å². The molecule has 64 valence electrons. The second kappa shape index (κ2) is 3.85. The van der Waals surface area contributed by atoms with Crippen molar-refractivity contribution in [2.75, 3.05) is 0 Å². The molecule has 0 spiro atoms. The zero-order chi connectivity index (χ0) is 9.07. The lowest BCUT2D eigenvalue weighted by Gasteiger charge is -2.06. The number of nitrogens with one attached hydrogen (secondary N) is 1. The summed E-state index contributed by atoms with van der Waals surface area (Å²) < 4.78 is -2.06. The number of halogens is 3. The average molecular weight is 219 g/mol. The fourth-order valence-corrected chi connectivity index (χ4v) is 0.305. The smallest absolute Gasteiger partial charge is 0.292 e. The zero-order valence-corrected chi connectivity index (χ0v) is 7.41. The van der Waals surface area contributed by atoms with Gasteiger partial charge in [-0.2, -0.15) is 0 Å². The molecular weight excluding hydrogens is 214 g/mol. The summed E-state index contributed by atoms with van der Waals surface area (Å²) in [6.07, 6.45) is 0. The lowest BCUT2D eigenvalue weighted by Crippen LogP contribution is -2.35. The normalized spacial score (nSPS) is 10.5. The van der Waals surface area contributed by atoms with Gasteiger partial charge < -0.3 is 11.5 Å². The third kappa shape index (κ3) is 4.94. The number of carbonyl (C=O) groups excluding carboxylic acids is 1. The SMILES string of the molecule is NC(N)=NNC(=O)C(Cl)(Cl)Cl. The van der Waals surface area contributed by atoms with Gasteiger partial charge in [0, 0.05) is 0 Å². The van der Waals surface area contributed by atoms with Crippen LogP contribution in [0.15, 0.2) is 5.10 Å². The van der Waals surface area contributed by atoms with E-state index in [0.29, 0.717) is 0 Å². The minimum Gasteiger partial charge on any atom is -0.369 e. The summed E-state index contributed by atoms with van der Waals surface area (Å²) >= 11 is 15.4. The maximum Gasteiger partial charge on any atom is 0.292 e. The fraction of sp³-hybridized carbons (Fsp3) is 0.333. The van der Waals surface area contributed by atoms with Crippen LogP contribution in [0.5, 0.6) is 0 Å². The predicted molar refractivity (Wildman–Crippen MR) is 44.2 cm³/mol. The van der Waals surface area contributed by atoms with Crippen molar-refractivity contribution in [3.63, 3.8) is 0 Å². The highest BCUT2D eigenvalue weighted by atomic mass is 35.6. The standard InChI is InChI=1S/C3H5Cl3N4O/c4-3(5,6)1(11)9-10-2(7)8/h(H,9,11)(H4,7,8,10). The van der Waals surface area contributed by atoms with Crippen molar-refractivity contribution in [2.45, 2.75) is 3.79 Å². The lowest BCUT2D eigenvalue weighted by molar-refractivity contribution is -0.120. The highest BCUT2D eigenvalue weighted by molar-refractivity contribution is 6.76. The molecule has 0 unspecified atom stereocenters. The van der Waals surface area contributed by atoms with E-state index in [-0.39, 0.29) is 5.96 Å². The molecule has 5 nitrogen and oxygen atoms in total. The van der Waals surface area contributed by atoms with Gasteiger partial charge in [0.1, 0.15) is 0 Å². The maximum atomic E-state index is 10.6. The third-order valence-corrected chi connectivity index (χ3v) is 1.06. The Bertz CT molecular complexity index is 182. The van der Waals surface area contributed by atoms with Gasteiger partial charge in [-0.05, 0) is 0 Å². The second-order valence-electron chi connectivity index (χ2n) is 1.48. The highest BCUT2D eigenvalue weighted by Crippen LogP contribution is 2.25. The molecule has 0 bridgehead atoms. The first-order valence-corrected chi connectivity index (χ1v) is 3.43. The Balaban J connectivity index is 4.01. The Morgan fingerprint density at radius 1 is 1.36 bits per heavy atom. The molecule has 0 aliphatic rings. The molecule has 0 radical (unpaired) electrons. The number of rotatable bonds is 1. The fourth-order valence-electron chi connectivity index (χ4n) is 0.179. The Kier molecular flexibility index (Phi) is 3.71. The van der Waals surface area contributed by atoms with Crippen LogP contribution in [0, 0.1) is 0 Å². The number of hydrazone groups is 1. The Morgan fingerprint density at radius 2 is 1.82 bits per heavy atom. The number of carbonyl (C=O) groups is 1. The van der Waals surface area contributed by atoms with E-state index < -0.39 is 9.70 Å². The summed E-state index contributed by atoms with van der Waals surface area (Å²) in [4.78, 5) is 10.6. The van der Waals surface area contributed by atoms with E-state index in [1.807, 2.05) is 5.43 Å². The molecule has 5 N–H and O–H groups in total. The van der Waals surface area contributed by atoms with Crippen LogP contribution in [0.1, 0.15) is 0 Å². The first kappa shape index (κ1) is 10.6. The first-order chi connectivity index (χ1) is 4.84. The number of nitrogens with zero attached hydrogens (tertiary/aromatic N) is 1. The third-order valence-electron chi connectivity index (χ3n) is 0.544. The summed E-state index contributed by atoms with van der Waals surface area (Å²) in [7, 11) is 0. The van der Waals surface area contributed by atoms with Gasteiger partial charge >= 0.3 is 0 Å². The van der Waals surface area contributed by atoms with Crippen LogP contribution in [0.25, 0.3) is 0 Å². The van der Waals surface area contributed by atoms with Gasteiger partial charge in [-0.15, -0.1) is 5.10 Å². The van der Waals surface area contributed by atoms with Gasteiger partial charge in [-0.1, -0.05) is 34.8 Å². The molecule has 0 heterocycles. The molecule has 0 aromatic rings. The van der Waals surface area contributed by atoms with Crippen LogP contribution < -0.4 is 16.9 Å². The Labute approximate surface area is 77.6 Å². The molecule has 0 aliphatic heterocycles. The molecule has 0 saturated heterocycles. The van der Waals surface area contributed by atoms with Gasteiger partial charge in [0.15, 0.2) is 0 Å². The molecular formula is C3H5Cl3N4O. The van der Waals surface area contributed by atoms with Crippen molar-refractivity contribution in [1.82, 2.24) is 5.43 Å². The number of amides is 1. The van der Waals surface area contributed by atoms with E-state index >= 15 is 0 Å². The number of nitrogens with two attached hydrogens (primary N) is 2. The monoisotopic (exact) mass is 218 g/mol. The molecule has 0 aliphatic carbocycles. The van der Waals surface area contributed by atoms with Gasteiger partial charge in [-0.3, -0.25) is 4.79 Å². The van der Waals surface area contributed by atoms with Crippen LogP contribution in [0.2, 0.25) is 0 Å². The van der Waals surface area contributed by atoms with Gasteiger partial charge in [0.05, 0.1) is 0 Å². The molecule has 8 heteroatoms.